The minimum atomic E-state index is -0.918. The maximum atomic E-state index is 13.5. The maximum absolute atomic E-state index is 13.5. The quantitative estimate of drug-likeness (QED) is 0.625. The molecule has 2 aromatic carbocycles. The minimum absolute atomic E-state index is 0.183. The van der Waals surface area contributed by atoms with Crippen LogP contribution in [0.3, 0.4) is 0 Å². The third kappa shape index (κ3) is 4.85. The zero-order chi connectivity index (χ0) is 19.4. The van der Waals surface area contributed by atoms with Gasteiger partial charge in [0, 0.05) is 24.7 Å². The summed E-state index contributed by atoms with van der Waals surface area (Å²) in [6.45, 7) is 2.13. The van der Waals surface area contributed by atoms with Gasteiger partial charge in [-0.1, -0.05) is 0 Å². The highest BCUT2D eigenvalue weighted by atomic mass is 32.1. The smallest absolute Gasteiger partial charge is 0.254 e. The molecule has 0 aliphatic carbocycles. The van der Waals surface area contributed by atoms with Gasteiger partial charge in [0.2, 0.25) is 5.91 Å². The summed E-state index contributed by atoms with van der Waals surface area (Å²) in [5, 5.41) is 6.28. The lowest BCUT2D eigenvalue weighted by atomic mass is 10.2. The summed E-state index contributed by atoms with van der Waals surface area (Å²) < 4.78 is 27.4. The average Bonchev–Trinajstić information content (AvgIpc) is 2.98. The van der Waals surface area contributed by atoms with Crippen LogP contribution in [0.5, 0.6) is 0 Å². The number of carbonyl (C=O) groups is 2. The van der Waals surface area contributed by atoms with Crippen LogP contribution in [-0.2, 0) is 4.79 Å². The van der Waals surface area contributed by atoms with Gasteiger partial charge in [-0.25, -0.2) is 13.8 Å². The summed E-state index contributed by atoms with van der Waals surface area (Å²) >= 11 is 1.55. The molecule has 140 valence electrons. The van der Waals surface area contributed by atoms with Gasteiger partial charge in [-0.3, -0.25) is 9.59 Å². The number of halogens is 2. The monoisotopic (exact) mass is 389 g/mol. The Labute approximate surface area is 158 Å². The molecule has 0 fully saturated rings. The standard InChI is InChI=1S/C19H17F2N3O2S/c1-11-23-16-7-5-13(10-17(16)27-11)24-18(25)3-2-8-22-19(26)14-6-4-12(20)9-15(14)21/h4-7,9-10H,2-3,8H2,1H3,(H,22,26)(H,24,25). The van der Waals surface area contributed by atoms with Crippen LogP contribution in [0.2, 0.25) is 0 Å². The Morgan fingerprint density at radius 1 is 1.15 bits per heavy atom. The maximum Gasteiger partial charge on any atom is 0.254 e. The van der Waals surface area contributed by atoms with E-state index in [-0.39, 0.29) is 24.4 Å². The number of fused-ring (bicyclic) bond motifs is 1. The molecule has 2 N–H and O–H groups in total. The molecule has 0 bridgehead atoms. The van der Waals surface area contributed by atoms with Crippen LogP contribution in [0.15, 0.2) is 36.4 Å². The third-order valence-electron chi connectivity index (χ3n) is 3.82. The van der Waals surface area contributed by atoms with E-state index in [1.807, 2.05) is 19.1 Å². The number of aryl methyl sites for hydroxylation is 1. The predicted molar refractivity (Wildman–Crippen MR) is 101 cm³/mol. The van der Waals surface area contributed by atoms with E-state index in [1.165, 1.54) is 0 Å². The average molecular weight is 389 g/mol. The highest BCUT2D eigenvalue weighted by Gasteiger charge is 2.12. The lowest BCUT2D eigenvalue weighted by molar-refractivity contribution is -0.116. The molecule has 0 unspecified atom stereocenters. The third-order valence-corrected chi connectivity index (χ3v) is 4.75. The molecule has 1 aromatic heterocycles. The molecule has 8 heteroatoms. The van der Waals surface area contributed by atoms with Gasteiger partial charge < -0.3 is 10.6 Å². The van der Waals surface area contributed by atoms with Gasteiger partial charge in [0.1, 0.15) is 11.6 Å². The zero-order valence-corrected chi connectivity index (χ0v) is 15.3. The van der Waals surface area contributed by atoms with Crippen molar-refractivity contribution in [2.45, 2.75) is 19.8 Å². The van der Waals surface area contributed by atoms with E-state index in [0.717, 1.165) is 27.4 Å². The van der Waals surface area contributed by atoms with Crippen LogP contribution in [-0.4, -0.2) is 23.3 Å². The summed E-state index contributed by atoms with van der Waals surface area (Å²) in [6.07, 6.45) is 0.592. The lowest BCUT2D eigenvalue weighted by Crippen LogP contribution is -2.26. The van der Waals surface area contributed by atoms with Crippen LogP contribution >= 0.6 is 11.3 Å². The van der Waals surface area contributed by atoms with E-state index < -0.39 is 17.5 Å². The molecule has 3 rings (SSSR count). The van der Waals surface area contributed by atoms with E-state index in [2.05, 4.69) is 15.6 Å². The van der Waals surface area contributed by atoms with Gasteiger partial charge in [0.25, 0.3) is 5.91 Å². The van der Waals surface area contributed by atoms with E-state index in [0.29, 0.717) is 18.2 Å². The molecular weight excluding hydrogens is 372 g/mol. The Morgan fingerprint density at radius 3 is 2.74 bits per heavy atom. The first-order valence-electron chi connectivity index (χ1n) is 8.32. The molecule has 1 heterocycles. The fraction of sp³-hybridized carbons (Fsp3) is 0.211. The van der Waals surface area contributed by atoms with E-state index in [1.54, 1.807) is 17.4 Å². The molecule has 0 radical (unpaired) electrons. The Bertz CT molecular complexity index is 1000. The van der Waals surface area contributed by atoms with Gasteiger partial charge >= 0.3 is 0 Å². The summed E-state index contributed by atoms with van der Waals surface area (Å²) in [5.41, 5.74) is 1.36. The number of anilines is 1. The number of thiazole rings is 1. The van der Waals surface area contributed by atoms with Crippen molar-refractivity contribution in [1.29, 1.82) is 0 Å². The predicted octanol–water partition coefficient (Wildman–Crippen LogP) is 4.03. The van der Waals surface area contributed by atoms with Gasteiger partial charge in [-0.15, -0.1) is 11.3 Å². The topological polar surface area (TPSA) is 71.1 Å². The number of amides is 2. The number of carbonyl (C=O) groups excluding carboxylic acids is 2. The Kier molecular flexibility index (Phi) is 5.75. The van der Waals surface area contributed by atoms with Crippen LogP contribution in [0.1, 0.15) is 28.2 Å². The van der Waals surface area contributed by atoms with Crippen LogP contribution < -0.4 is 10.6 Å². The molecule has 0 aliphatic rings. The van der Waals surface area contributed by atoms with Crippen molar-refractivity contribution in [2.75, 3.05) is 11.9 Å². The van der Waals surface area contributed by atoms with Crippen molar-refractivity contribution in [2.24, 2.45) is 0 Å². The molecular formula is C19H17F2N3O2S. The first kappa shape index (κ1) is 18.9. The normalized spacial score (nSPS) is 10.8. The highest BCUT2D eigenvalue weighted by Crippen LogP contribution is 2.24. The van der Waals surface area contributed by atoms with Gasteiger partial charge in [-0.2, -0.15) is 0 Å². The molecule has 5 nitrogen and oxygen atoms in total. The van der Waals surface area contributed by atoms with Gasteiger partial charge in [-0.05, 0) is 43.7 Å². The molecule has 0 spiro atoms. The number of rotatable bonds is 6. The molecule has 0 saturated heterocycles. The molecule has 0 aliphatic heterocycles. The fourth-order valence-electron chi connectivity index (χ4n) is 2.56. The Hall–Kier alpha value is -2.87. The number of nitrogens with one attached hydrogen (secondary N) is 2. The van der Waals surface area contributed by atoms with Crippen molar-refractivity contribution in [3.8, 4) is 0 Å². The second kappa shape index (κ2) is 8.22. The van der Waals surface area contributed by atoms with Crippen LogP contribution in [0.4, 0.5) is 14.5 Å². The van der Waals surface area contributed by atoms with Crippen molar-refractivity contribution >= 4 is 39.1 Å². The zero-order valence-electron chi connectivity index (χ0n) is 14.5. The number of benzene rings is 2. The lowest BCUT2D eigenvalue weighted by Gasteiger charge is -2.07. The number of hydrogen-bond acceptors (Lipinski definition) is 4. The number of aromatic nitrogens is 1. The summed E-state index contributed by atoms with van der Waals surface area (Å²) in [6, 6.07) is 8.28. The summed E-state index contributed by atoms with van der Waals surface area (Å²) in [7, 11) is 0. The summed E-state index contributed by atoms with van der Waals surface area (Å²) in [5.74, 6) is -2.48. The van der Waals surface area contributed by atoms with E-state index in [9.17, 15) is 18.4 Å². The number of nitrogens with zero attached hydrogens (tertiary/aromatic N) is 1. The fourth-order valence-corrected chi connectivity index (χ4v) is 3.43. The largest absolute Gasteiger partial charge is 0.352 e. The second-order valence-electron chi connectivity index (χ2n) is 5.95. The van der Waals surface area contributed by atoms with Gasteiger partial charge in [0.15, 0.2) is 0 Å². The molecule has 0 saturated carbocycles. The second-order valence-corrected chi connectivity index (χ2v) is 7.18. The van der Waals surface area contributed by atoms with Crippen molar-refractivity contribution in [1.82, 2.24) is 10.3 Å². The number of hydrogen-bond donors (Lipinski definition) is 2. The van der Waals surface area contributed by atoms with E-state index in [4.69, 9.17) is 0 Å². The molecule has 0 atom stereocenters. The molecule has 3 aromatic rings. The Balaban J connectivity index is 1.45. The van der Waals surface area contributed by atoms with Crippen molar-refractivity contribution in [3.05, 3.63) is 58.6 Å². The SMILES string of the molecule is Cc1nc2ccc(NC(=O)CCCNC(=O)c3ccc(F)cc3F)cc2s1. The van der Waals surface area contributed by atoms with E-state index >= 15 is 0 Å². The van der Waals surface area contributed by atoms with Gasteiger partial charge in [0.05, 0.1) is 20.8 Å². The van der Waals surface area contributed by atoms with Crippen LogP contribution in [0, 0.1) is 18.6 Å². The first-order valence-corrected chi connectivity index (χ1v) is 9.14. The minimum Gasteiger partial charge on any atom is -0.352 e. The van der Waals surface area contributed by atoms with Crippen molar-refractivity contribution in [3.63, 3.8) is 0 Å². The Morgan fingerprint density at radius 2 is 1.96 bits per heavy atom. The highest BCUT2D eigenvalue weighted by molar-refractivity contribution is 7.18. The summed E-state index contributed by atoms with van der Waals surface area (Å²) in [4.78, 5) is 28.2. The van der Waals surface area contributed by atoms with Crippen molar-refractivity contribution < 1.29 is 18.4 Å². The molecule has 27 heavy (non-hydrogen) atoms. The molecule has 2 amide bonds. The first-order chi connectivity index (χ1) is 12.9. The van der Waals surface area contributed by atoms with Crippen LogP contribution in [0.25, 0.3) is 10.2 Å².